The maximum atomic E-state index is 13.5. The first kappa shape index (κ1) is 15.3. The zero-order chi connectivity index (χ0) is 17.4. The van der Waals surface area contributed by atoms with Crippen LogP contribution in [0, 0.1) is 11.6 Å². The van der Waals surface area contributed by atoms with Crippen LogP contribution in [0.1, 0.15) is 5.69 Å². The van der Waals surface area contributed by atoms with Gasteiger partial charge in [0.1, 0.15) is 12.0 Å². The van der Waals surface area contributed by atoms with E-state index in [1.54, 1.807) is 11.7 Å². The summed E-state index contributed by atoms with van der Waals surface area (Å²) in [6.45, 7) is 0.335. The van der Waals surface area contributed by atoms with Gasteiger partial charge in [0.2, 0.25) is 5.89 Å². The normalized spacial score (nSPS) is 11.2. The molecule has 7 heteroatoms. The summed E-state index contributed by atoms with van der Waals surface area (Å²) >= 11 is 0. The number of methoxy groups -OCH3 is 1. The molecule has 0 bridgehead atoms. The molecule has 0 amide bonds. The van der Waals surface area contributed by atoms with Gasteiger partial charge < -0.3 is 13.7 Å². The second-order valence-electron chi connectivity index (χ2n) is 5.50. The molecule has 0 radical (unpaired) electrons. The third kappa shape index (κ3) is 2.84. The predicted octanol–water partition coefficient (Wildman–Crippen LogP) is 4.03. The van der Waals surface area contributed by atoms with Crippen molar-refractivity contribution in [2.24, 2.45) is 0 Å². The molecule has 0 fully saturated rings. The van der Waals surface area contributed by atoms with E-state index in [1.807, 2.05) is 24.3 Å². The molecule has 0 aliphatic heterocycles. The lowest BCUT2D eigenvalue weighted by Gasteiger charge is -2.01. The van der Waals surface area contributed by atoms with Crippen molar-refractivity contribution >= 4 is 11.0 Å². The van der Waals surface area contributed by atoms with Crippen LogP contribution in [0.25, 0.3) is 22.5 Å². The van der Waals surface area contributed by atoms with Crippen LogP contribution < -0.4 is 4.74 Å². The van der Waals surface area contributed by atoms with E-state index in [-0.39, 0.29) is 0 Å². The molecule has 2 aromatic heterocycles. The maximum absolute atomic E-state index is 13.5. The summed E-state index contributed by atoms with van der Waals surface area (Å²) in [5, 5.41) is 0. The van der Waals surface area contributed by atoms with E-state index in [4.69, 9.17) is 9.15 Å². The summed E-state index contributed by atoms with van der Waals surface area (Å²) in [4.78, 5) is 8.52. The van der Waals surface area contributed by atoms with Gasteiger partial charge in [0.25, 0.3) is 0 Å². The number of fused-ring (bicyclic) bond motifs is 1. The molecule has 0 N–H and O–H groups in total. The molecule has 126 valence electrons. The highest BCUT2D eigenvalue weighted by Gasteiger charge is 2.12. The number of hydrogen-bond donors (Lipinski definition) is 0. The number of rotatable bonds is 4. The minimum absolute atomic E-state index is 0.335. The molecule has 4 aromatic rings. The van der Waals surface area contributed by atoms with Gasteiger partial charge in [-0.2, -0.15) is 0 Å². The van der Waals surface area contributed by atoms with Gasteiger partial charge in [-0.05, 0) is 24.3 Å². The van der Waals surface area contributed by atoms with Crippen molar-refractivity contribution in [3.8, 4) is 17.2 Å². The van der Waals surface area contributed by atoms with Crippen LogP contribution in [0.15, 0.2) is 53.4 Å². The molecule has 0 unspecified atom stereocenters. The number of benzene rings is 2. The first-order valence-electron chi connectivity index (χ1n) is 7.53. The maximum Gasteiger partial charge on any atom is 0.226 e. The molecule has 2 heterocycles. The molecule has 0 saturated heterocycles. The highest BCUT2D eigenvalue weighted by atomic mass is 19.2. The Labute approximate surface area is 141 Å². The Morgan fingerprint density at radius 2 is 1.88 bits per heavy atom. The Kier molecular flexibility index (Phi) is 3.68. The van der Waals surface area contributed by atoms with E-state index in [0.29, 0.717) is 29.2 Å². The Balaban J connectivity index is 1.61. The summed E-state index contributed by atoms with van der Waals surface area (Å²) in [6, 6.07) is 9.53. The first-order chi connectivity index (χ1) is 12.1. The third-order valence-electron chi connectivity index (χ3n) is 3.88. The van der Waals surface area contributed by atoms with Gasteiger partial charge in [-0.25, -0.2) is 18.7 Å². The quantitative estimate of drug-likeness (QED) is 0.562. The van der Waals surface area contributed by atoms with E-state index in [1.165, 1.54) is 12.6 Å². The number of nitrogens with zero attached hydrogens (tertiary/aromatic N) is 3. The lowest BCUT2D eigenvalue weighted by Crippen LogP contribution is -1.99. The van der Waals surface area contributed by atoms with Crippen LogP contribution in [0.3, 0.4) is 0 Å². The van der Waals surface area contributed by atoms with Crippen molar-refractivity contribution in [1.29, 1.82) is 0 Å². The van der Waals surface area contributed by atoms with Crippen molar-refractivity contribution in [2.75, 3.05) is 7.11 Å². The Hall–Kier alpha value is -3.22. The fraction of sp³-hybridized carbons (Fsp3) is 0.111. The molecule has 2 aromatic carbocycles. The third-order valence-corrected chi connectivity index (χ3v) is 3.88. The van der Waals surface area contributed by atoms with Crippen molar-refractivity contribution < 1.29 is 17.9 Å². The smallest absolute Gasteiger partial charge is 0.226 e. The lowest BCUT2D eigenvalue weighted by molar-refractivity contribution is 0.415. The SMILES string of the molecule is COc1ccc(-c2nc(Cn3cnc4cc(F)c(F)cc43)co2)cc1. The Morgan fingerprint density at radius 3 is 2.64 bits per heavy atom. The van der Waals surface area contributed by atoms with Crippen LogP contribution in [-0.4, -0.2) is 21.6 Å². The molecule has 0 aliphatic rings. The van der Waals surface area contributed by atoms with Gasteiger partial charge in [-0.1, -0.05) is 0 Å². The minimum atomic E-state index is -0.916. The van der Waals surface area contributed by atoms with Gasteiger partial charge in [-0.15, -0.1) is 0 Å². The van der Waals surface area contributed by atoms with Crippen molar-refractivity contribution in [3.05, 3.63) is 66.3 Å². The summed E-state index contributed by atoms with van der Waals surface area (Å²) in [7, 11) is 1.60. The summed E-state index contributed by atoms with van der Waals surface area (Å²) in [6.07, 6.45) is 3.05. The summed E-state index contributed by atoms with van der Waals surface area (Å²) in [5.41, 5.74) is 2.34. The van der Waals surface area contributed by atoms with Crippen LogP contribution in [0.2, 0.25) is 0 Å². The van der Waals surface area contributed by atoms with E-state index >= 15 is 0 Å². The number of hydrogen-bond acceptors (Lipinski definition) is 4. The van der Waals surface area contributed by atoms with Crippen LogP contribution >= 0.6 is 0 Å². The zero-order valence-electron chi connectivity index (χ0n) is 13.2. The number of oxazole rings is 1. The average molecular weight is 341 g/mol. The van der Waals surface area contributed by atoms with Crippen LogP contribution in [0.5, 0.6) is 5.75 Å². The molecular formula is C18H13F2N3O2. The standard InChI is InChI=1S/C18H13F2N3O2/c1-24-13-4-2-11(3-5-13)18-22-12(9-25-18)8-23-10-21-16-6-14(19)15(20)7-17(16)23/h2-7,9-10H,8H2,1H3. The second-order valence-corrected chi connectivity index (χ2v) is 5.50. The van der Waals surface area contributed by atoms with Gasteiger partial charge >= 0.3 is 0 Å². The highest BCUT2D eigenvalue weighted by molar-refractivity contribution is 5.75. The largest absolute Gasteiger partial charge is 0.497 e. The molecule has 0 atom stereocenters. The molecule has 0 spiro atoms. The summed E-state index contributed by atoms with van der Waals surface area (Å²) < 4.78 is 39.1. The van der Waals surface area contributed by atoms with Gasteiger partial charge in [0.15, 0.2) is 11.6 Å². The van der Waals surface area contributed by atoms with Gasteiger partial charge in [-0.3, -0.25) is 0 Å². The van der Waals surface area contributed by atoms with Crippen molar-refractivity contribution in [2.45, 2.75) is 6.54 Å². The molecule has 0 aliphatic carbocycles. The van der Waals surface area contributed by atoms with Crippen molar-refractivity contribution in [3.63, 3.8) is 0 Å². The van der Waals surface area contributed by atoms with E-state index in [9.17, 15) is 8.78 Å². The Bertz CT molecular complexity index is 1040. The Morgan fingerprint density at radius 1 is 1.12 bits per heavy atom. The molecule has 4 rings (SSSR count). The van der Waals surface area contributed by atoms with Gasteiger partial charge in [0.05, 0.1) is 36.7 Å². The molecule has 25 heavy (non-hydrogen) atoms. The average Bonchev–Trinajstić information content (AvgIpc) is 3.24. The first-order valence-corrected chi connectivity index (χ1v) is 7.53. The number of aromatic nitrogens is 3. The second kappa shape index (κ2) is 6.01. The zero-order valence-corrected chi connectivity index (χ0v) is 13.2. The highest BCUT2D eigenvalue weighted by Crippen LogP contribution is 2.23. The minimum Gasteiger partial charge on any atom is -0.497 e. The van der Waals surface area contributed by atoms with Gasteiger partial charge in [0, 0.05) is 17.7 Å². The fourth-order valence-corrected chi connectivity index (χ4v) is 2.60. The number of imidazole rings is 1. The molecule has 5 nitrogen and oxygen atoms in total. The van der Waals surface area contributed by atoms with E-state index in [2.05, 4.69) is 9.97 Å². The topological polar surface area (TPSA) is 53.1 Å². The molecule has 0 saturated carbocycles. The van der Waals surface area contributed by atoms with E-state index < -0.39 is 11.6 Å². The fourth-order valence-electron chi connectivity index (χ4n) is 2.60. The number of ether oxygens (including phenoxy) is 1. The monoisotopic (exact) mass is 341 g/mol. The predicted molar refractivity (Wildman–Crippen MR) is 87.2 cm³/mol. The van der Waals surface area contributed by atoms with Crippen LogP contribution in [-0.2, 0) is 6.54 Å². The lowest BCUT2D eigenvalue weighted by atomic mass is 10.2. The molecular weight excluding hydrogens is 328 g/mol. The van der Waals surface area contributed by atoms with Crippen LogP contribution in [0.4, 0.5) is 8.78 Å². The summed E-state index contributed by atoms with van der Waals surface area (Å²) in [5.74, 6) is -0.608. The van der Waals surface area contributed by atoms with E-state index in [0.717, 1.165) is 23.4 Å². The number of halogens is 2. The van der Waals surface area contributed by atoms with Crippen molar-refractivity contribution in [1.82, 2.24) is 14.5 Å².